The van der Waals surface area contributed by atoms with Crippen molar-refractivity contribution < 1.29 is 0 Å². The Labute approximate surface area is 114 Å². The largest absolute Gasteiger partial charge is 0.313 e. The predicted octanol–water partition coefficient (Wildman–Crippen LogP) is 3.56. The van der Waals surface area contributed by atoms with Crippen LogP contribution in [0.1, 0.15) is 71.6 Å². The minimum atomic E-state index is 0.754. The maximum absolute atomic E-state index is 3.77. The van der Waals surface area contributed by atoms with Crippen LogP contribution in [0.5, 0.6) is 0 Å². The molecule has 0 radical (unpaired) electrons. The molecule has 106 valence electrons. The van der Waals surface area contributed by atoms with Gasteiger partial charge in [-0.2, -0.15) is 0 Å². The summed E-state index contributed by atoms with van der Waals surface area (Å²) in [5.74, 6) is 0. The number of rotatable bonds is 4. The maximum Gasteiger partial charge on any atom is 0.0252 e. The van der Waals surface area contributed by atoms with Crippen molar-refractivity contribution in [2.45, 2.75) is 89.8 Å². The SMILES string of the molecule is CCNC1CCCCCC1N1CCCCC1CC. The summed E-state index contributed by atoms with van der Waals surface area (Å²) in [6, 6.07) is 2.44. The van der Waals surface area contributed by atoms with Crippen molar-refractivity contribution in [2.24, 2.45) is 0 Å². The highest BCUT2D eigenvalue weighted by atomic mass is 15.2. The molecule has 0 aromatic heterocycles. The number of hydrogen-bond donors (Lipinski definition) is 1. The van der Waals surface area contributed by atoms with Gasteiger partial charge in [0.05, 0.1) is 0 Å². The van der Waals surface area contributed by atoms with E-state index < -0.39 is 0 Å². The van der Waals surface area contributed by atoms with E-state index in [2.05, 4.69) is 24.1 Å². The number of hydrogen-bond acceptors (Lipinski definition) is 2. The van der Waals surface area contributed by atoms with Gasteiger partial charge in [0.15, 0.2) is 0 Å². The average Bonchev–Trinajstić information content (AvgIpc) is 2.65. The number of nitrogens with zero attached hydrogens (tertiary/aromatic N) is 1. The van der Waals surface area contributed by atoms with Crippen molar-refractivity contribution >= 4 is 0 Å². The fourth-order valence-corrected chi connectivity index (χ4v) is 4.08. The molecule has 2 fully saturated rings. The Morgan fingerprint density at radius 1 is 0.944 bits per heavy atom. The summed E-state index contributed by atoms with van der Waals surface area (Å²) in [7, 11) is 0. The zero-order valence-electron chi connectivity index (χ0n) is 12.5. The molecule has 2 rings (SSSR count). The zero-order valence-corrected chi connectivity index (χ0v) is 12.5. The Bertz CT molecular complexity index is 229. The van der Waals surface area contributed by atoms with E-state index in [9.17, 15) is 0 Å². The first-order valence-electron chi connectivity index (χ1n) is 8.36. The highest BCUT2D eigenvalue weighted by Gasteiger charge is 2.33. The van der Waals surface area contributed by atoms with Gasteiger partial charge in [0.25, 0.3) is 0 Å². The second kappa shape index (κ2) is 7.49. The molecule has 0 aromatic carbocycles. The molecule has 3 unspecified atom stereocenters. The lowest BCUT2D eigenvalue weighted by Gasteiger charge is -2.44. The highest BCUT2D eigenvalue weighted by Crippen LogP contribution is 2.29. The number of nitrogens with one attached hydrogen (secondary N) is 1. The minimum Gasteiger partial charge on any atom is -0.313 e. The third kappa shape index (κ3) is 3.48. The molecule has 0 aromatic rings. The topological polar surface area (TPSA) is 15.3 Å². The first kappa shape index (κ1) is 14.3. The van der Waals surface area contributed by atoms with Gasteiger partial charge in [-0.3, -0.25) is 4.90 Å². The molecular formula is C16H32N2. The van der Waals surface area contributed by atoms with Crippen LogP contribution in [-0.4, -0.2) is 36.1 Å². The third-order valence-corrected chi connectivity index (χ3v) is 5.02. The molecule has 1 aliphatic heterocycles. The Morgan fingerprint density at radius 3 is 2.50 bits per heavy atom. The Hall–Kier alpha value is -0.0800. The van der Waals surface area contributed by atoms with Crippen molar-refractivity contribution in [3.63, 3.8) is 0 Å². The molecule has 3 atom stereocenters. The van der Waals surface area contributed by atoms with Crippen molar-refractivity contribution in [1.82, 2.24) is 10.2 Å². The summed E-state index contributed by atoms with van der Waals surface area (Å²) >= 11 is 0. The number of likely N-dealkylation sites (tertiary alicyclic amines) is 1. The summed E-state index contributed by atoms with van der Waals surface area (Å²) in [4.78, 5) is 2.88. The first-order valence-corrected chi connectivity index (χ1v) is 8.36. The van der Waals surface area contributed by atoms with Gasteiger partial charge in [0.1, 0.15) is 0 Å². The molecular weight excluding hydrogens is 220 g/mol. The van der Waals surface area contributed by atoms with E-state index in [1.54, 1.807) is 0 Å². The smallest absolute Gasteiger partial charge is 0.0252 e. The number of piperidine rings is 1. The summed E-state index contributed by atoms with van der Waals surface area (Å²) in [5.41, 5.74) is 0. The van der Waals surface area contributed by atoms with Crippen LogP contribution in [0.4, 0.5) is 0 Å². The van der Waals surface area contributed by atoms with Crippen LogP contribution in [0, 0.1) is 0 Å². The van der Waals surface area contributed by atoms with Crippen LogP contribution in [0.15, 0.2) is 0 Å². The van der Waals surface area contributed by atoms with E-state index in [1.807, 2.05) is 0 Å². The van der Waals surface area contributed by atoms with E-state index in [1.165, 1.54) is 64.3 Å². The van der Waals surface area contributed by atoms with E-state index in [0.717, 1.165) is 24.7 Å². The molecule has 2 aliphatic rings. The lowest BCUT2D eigenvalue weighted by atomic mass is 9.93. The van der Waals surface area contributed by atoms with Gasteiger partial charge in [-0.15, -0.1) is 0 Å². The fourth-order valence-electron chi connectivity index (χ4n) is 4.08. The van der Waals surface area contributed by atoms with Crippen LogP contribution >= 0.6 is 0 Å². The van der Waals surface area contributed by atoms with Gasteiger partial charge >= 0.3 is 0 Å². The zero-order chi connectivity index (χ0) is 12.8. The minimum absolute atomic E-state index is 0.754. The molecule has 1 aliphatic carbocycles. The fraction of sp³-hybridized carbons (Fsp3) is 1.00. The van der Waals surface area contributed by atoms with E-state index in [0.29, 0.717) is 0 Å². The van der Waals surface area contributed by atoms with E-state index in [4.69, 9.17) is 0 Å². The lowest BCUT2D eigenvalue weighted by molar-refractivity contribution is 0.0656. The average molecular weight is 252 g/mol. The number of likely N-dealkylation sites (N-methyl/N-ethyl adjacent to an activating group) is 1. The van der Waals surface area contributed by atoms with Gasteiger partial charge < -0.3 is 5.32 Å². The van der Waals surface area contributed by atoms with Crippen molar-refractivity contribution in [3.05, 3.63) is 0 Å². The monoisotopic (exact) mass is 252 g/mol. The molecule has 1 heterocycles. The summed E-state index contributed by atoms with van der Waals surface area (Å²) in [6.07, 6.45) is 12.8. The van der Waals surface area contributed by atoms with Gasteiger partial charge in [0.2, 0.25) is 0 Å². The lowest BCUT2D eigenvalue weighted by Crippen LogP contribution is -2.54. The molecule has 0 bridgehead atoms. The first-order chi connectivity index (χ1) is 8.86. The van der Waals surface area contributed by atoms with Crippen LogP contribution < -0.4 is 5.32 Å². The molecule has 2 heteroatoms. The third-order valence-electron chi connectivity index (χ3n) is 5.02. The second-order valence-corrected chi connectivity index (χ2v) is 6.17. The Kier molecular flexibility index (Phi) is 5.97. The van der Waals surface area contributed by atoms with Crippen LogP contribution in [0.2, 0.25) is 0 Å². The van der Waals surface area contributed by atoms with Gasteiger partial charge in [0, 0.05) is 18.1 Å². The molecule has 0 amide bonds. The highest BCUT2D eigenvalue weighted by molar-refractivity contribution is 4.91. The van der Waals surface area contributed by atoms with Crippen molar-refractivity contribution in [3.8, 4) is 0 Å². The molecule has 2 nitrogen and oxygen atoms in total. The van der Waals surface area contributed by atoms with E-state index in [-0.39, 0.29) is 0 Å². The molecule has 1 saturated heterocycles. The molecule has 1 N–H and O–H groups in total. The summed E-state index contributed by atoms with van der Waals surface area (Å²) in [6.45, 7) is 7.12. The molecule has 18 heavy (non-hydrogen) atoms. The Morgan fingerprint density at radius 2 is 1.72 bits per heavy atom. The van der Waals surface area contributed by atoms with Gasteiger partial charge in [-0.1, -0.05) is 39.5 Å². The van der Waals surface area contributed by atoms with Gasteiger partial charge in [-0.05, 0) is 45.2 Å². The van der Waals surface area contributed by atoms with Crippen LogP contribution in [0.3, 0.4) is 0 Å². The van der Waals surface area contributed by atoms with Crippen LogP contribution in [-0.2, 0) is 0 Å². The van der Waals surface area contributed by atoms with Crippen LogP contribution in [0.25, 0.3) is 0 Å². The van der Waals surface area contributed by atoms with Crippen molar-refractivity contribution in [1.29, 1.82) is 0 Å². The second-order valence-electron chi connectivity index (χ2n) is 6.17. The standard InChI is InChI=1S/C16H32N2/c1-3-14-10-8-9-13-18(14)16-12-7-5-6-11-15(16)17-4-2/h14-17H,3-13H2,1-2H3. The summed E-state index contributed by atoms with van der Waals surface area (Å²) in [5, 5.41) is 3.77. The Balaban J connectivity index is 2.04. The molecule has 1 saturated carbocycles. The van der Waals surface area contributed by atoms with Crippen molar-refractivity contribution in [2.75, 3.05) is 13.1 Å². The van der Waals surface area contributed by atoms with Gasteiger partial charge in [-0.25, -0.2) is 0 Å². The predicted molar refractivity (Wildman–Crippen MR) is 79.0 cm³/mol. The summed E-state index contributed by atoms with van der Waals surface area (Å²) < 4.78 is 0. The van der Waals surface area contributed by atoms with E-state index >= 15 is 0 Å². The molecule has 0 spiro atoms. The quantitative estimate of drug-likeness (QED) is 0.770. The maximum atomic E-state index is 3.77. The normalized spacial score (nSPS) is 35.3.